The Bertz CT molecular complexity index is 580. The average Bonchev–Trinajstić information content (AvgIpc) is 2.52. The van der Waals surface area contributed by atoms with Crippen LogP contribution < -0.4 is 10.1 Å². The van der Waals surface area contributed by atoms with Crippen LogP contribution in [0.25, 0.3) is 0 Å². The van der Waals surface area contributed by atoms with Gasteiger partial charge < -0.3 is 15.2 Å². The van der Waals surface area contributed by atoms with Gasteiger partial charge in [-0.3, -0.25) is 0 Å². The highest BCUT2D eigenvalue weighted by atomic mass is 35.5. The van der Waals surface area contributed by atoms with Crippen molar-refractivity contribution in [3.63, 3.8) is 0 Å². The number of anilines is 1. The zero-order chi connectivity index (χ0) is 15.1. The number of benzene rings is 2. The van der Waals surface area contributed by atoms with Gasteiger partial charge in [-0.25, -0.2) is 4.39 Å². The standard InChI is InChI=1S/C16H17ClFNO2/c17-9-14(20)10-19-13-5-3-6-15(8-13)21-11-12-4-1-2-7-16(12)18/h1-8,14,19-20H,9-11H2. The maximum atomic E-state index is 13.5. The smallest absolute Gasteiger partial charge is 0.129 e. The van der Waals surface area contributed by atoms with Gasteiger partial charge >= 0.3 is 0 Å². The van der Waals surface area contributed by atoms with Crippen LogP contribution in [0.3, 0.4) is 0 Å². The number of aliphatic hydroxyl groups is 1. The molecule has 0 fully saturated rings. The predicted molar refractivity (Wildman–Crippen MR) is 82.4 cm³/mol. The Morgan fingerprint density at radius 3 is 2.76 bits per heavy atom. The number of halogens is 2. The van der Waals surface area contributed by atoms with Crippen LogP contribution in [-0.4, -0.2) is 23.6 Å². The van der Waals surface area contributed by atoms with E-state index in [0.29, 0.717) is 17.9 Å². The summed E-state index contributed by atoms with van der Waals surface area (Å²) in [4.78, 5) is 0. The molecule has 2 aromatic carbocycles. The third-order valence-electron chi connectivity index (χ3n) is 2.91. The maximum absolute atomic E-state index is 13.5. The van der Waals surface area contributed by atoms with Crippen LogP contribution in [0.15, 0.2) is 48.5 Å². The Hall–Kier alpha value is -1.78. The molecular weight excluding hydrogens is 293 g/mol. The fraction of sp³-hybridized carbons (Fsp3) is 0.250. The van der Waals surface area contributed by atoms with E-state index in [1.54, 1.807) is 30.3 Å². The first-order valence-corrected chi connectivity index (χ1v) is 7.16. The highest BCUT2D eigenvalue weighted by Crippen LogP contribution is 2.19. The summed E-state index contributed by atoms with van der Waals surface area (Å²) in [5.74, 6) is 0.525. The molecule has 21 heavy (non-hydrogen) atoms. The van der Waals surface area contributed by atoms with E-state index in [1.807, 2.05) is 12.1 Å². The Kier molecular flexibility index (Phi) is 5.84. The maximum Gasteiger partial charge on any atom is 0.129 e. The molecule has 0 heterocycles. The highest BCUT2D eigenvalue weighted by Gasteiger charge is 2.04. The van der Waals surface area contributed by atoms with Crippen molar-refractivity contribution in [3.8, 4) is 5.75 Å². The van der Waals surface area contributed by atoms with Gasteiger partial charge in [0.05, 0.1) is 12.0 Å². The minimum Gasteiger partial charge on any atom is -0.489 e. The quantitative estimate of drug-likeness (QED) is 0.770. The Balaban J connectivity index is 1.93. The average molecular weight is 310 g/mol. The van der Waals surface area contributed by atoms with Gasteiger partial charge in [0.15, 0.2) is 0 Å². The molecule has 5 heteroatoms. The fourth-order valence-electron chi connectivity index (χ4n) is 1.76. The van der Waals surface area contributed by atoms with E-state index in [1.165, 1.54) is 6.07 Å². The predicted octanol–water partition coefficient (Wildman–Crippen LogP) is 3.42. The molecular formula is C16H17ClFNO2. The lowest BCUT2D eigenvalue weighted by molar-refractivity contribution is 0.211. The van der Waals surface area contributed by atoms with E-state index in [9.17, 15) is 9.50 Å². The summed E-state index contributed by atoms with van der Waals surface area (Å²) < 4.78 is 19.1. The first-order valence-electron chi connectivity index (χ1n) is 6.63. The number of hydrogen-bond donors (Lipinski definition) is 2. The number of nitrogens with one attached hydrogen (secondary N) is 1. The topological polar surface area (TPSA) is 41.5 Å². The molecule has 0 aromatic heterocycles. The van der Waals surface area contributed by atoms with E-state index in [-0.39, 0.29) is 18.3 Å². The molecule has 1 atom stereocenters. The second-order valence-corrected chi connectivity index (χ2v) is 4.91. The van der Waals surface area contributed by atoms with Gasteiger partial charge in [0.2, 0.25) is 0 Å². The van der Waals surface area contributed by atoms with Gasteiger partial charge in [-0.1, -0.05) is 24.3 Å². The molecule has 2 aromatic rings. The van der Waals surface area contributed by atoms with Crippen LogP contribution in [0.2, 0.25) is 0 Å². The largest absolute Gasteiger partial charge is 0.489 e. The van der Waals surface area contributed by atoms with Crippen molar-refractivity contribution >= 4 is 17.3 Å². The molecule has 3 nitrogen and oxygen atoms in total. The Labute approximate surface area is 128 Å². The molecule has 0 amide bonds. The number of rotatable bonds is 7. The van der Waals surface area contributed by atoms with Crippen molar-refractivity contribution in [2.75, 3.05) is 17.7 Å². The first kappa shape index (κ1) is 15.6. The van der Waals surface area contributed by atoms with Crippen molar-refractivity contribution in [3.05, 3.63) is 59.9 Å². The summed E-state index contributed by atoms with van der Waals surface area (Å²) in [6.45, 7) is 0.528. The van der Waals surface area contributed by atoms with Crippen LogP contribution >= 0.6 is 11.6 Å². The van der Waals surface area contributed by atoms with Gasteiger partial charge in [0.25, 0.3) is 0 Å². The Morgan fingerprint density at radius 2 is 2.00 bits per heavy atom. The summed E-state index contributed by atoms with van der Waals surface area (Å²) in [7, 11) is 0. The van der Waals surface area contributed by atoms with Gasteiger partial charge in [-0.2, -0.15) is 0 Å². The third-order valence-corrected chi connectivity index (χ3v) is 3.26. The van der Waals surface area contributed by atoms with E-state index < -0.39 is 6.10 Å². The highest BCUT2D eigenvalue weighted by molar-refractivity contribution is 6.18. The SMILES string of the molecule is OC(CCl)CNc1cccc(OCc2ccccc2F)c1. The lowest BCUT2D eigenvalue weighted by Crippen LogP contribution is -2.20. The summed E-state index contributed by atoms with van der Waals surface area (Å²) >= 11 is 5.53. The van der Waals surface area contributed by atoms with Crippen molar-refractivity contribution in [2.45, 2.75) is 12.7 Å². The second kappa shape index (κ2) is 7.86. The number of alkyl halides is 1. The molecule has 0 aliphatic carbocycles. The summed E-state index contributed by atoms with van der Waals surface area (Å²) in [5.41, 5.74) is 1.32. The molecule has 2 rings (SSSR count). The van der Waals surface area contributed by atoms with Crippen molar-refractivity contribution in [2.24, 2.45) is 0 Å². The van der Waals surface area contributed by atoms with Crippen molar-refractivity contribution in [1.82, 2.24) is 0 Å². The number of hydrogen-bond acceptors (Lipinski definition) is 3. The molecule has 0 radical (unpaired) electrons. The van der Waals surface area contributed by atoms with Gasteiger partial charge in [0.1, 0.15) is 18.2 Å². The Morgan fingerprint density at radius 1 is 1.19 bits per heavy atom. The second-order valence-electron chi connectivity index (χ2n) is 4.60. The van der Waals surface area contributed by atoms with Crippen LogP contribution in [-0.2, 0) is 6.61 Å². The lowest BCUT2D eigenvalue weighted by Gasteiger charge is -2.12. The first-order chi connectivity index (χ1) is 10.2. The molecule has 0 spiro atoms. The van der Waals surface area contributed by atoms with Crippen LogP contribution in [0.5, 0.6) is 5.75 Å². The number of ether oxygens (including phenoxy) is 1. The molecule has 2 N–H and O–H groups in total. The third kappa shape index (κ3) is 4.92. The van der Waals surface area contributed by atoms with Crippen LogP contribution in [0.4, 0.5) is 10.1 Å². The number of aliphatic hydroxyl groups excluding tert-OH is 1. The molecule has 0 saturated heterocycles. The summed E-state index contributed by atoms with van der Waals surface area (Å²) in [6.07, 6.45) is -0.602. The summed E-state index contributed by atoms with van der Waals surface area (Å²) in [6, 6.07) is 13.8. The normalized spacial score (nSPS) is 12.0. The van der Waals surface area contributed by atoms with Gasteiger partial charge in [0, 0.05) is 23.9 Å². The van der Waals surface area contributed by atoms with E-state index in [0.717, 1.165) is 5.69 Å². The molecule has 0 aliphatic heterocycles. The molecule has 0 saturated carbocycles. The molecule has 1 unspecified atom stereocenters. The van der Waals surface area contributed by atoms with Crippen molar-refractivity contribution in [1.29, 1.82) is 0 Å². The van der Waals surface area contributed by atoms with E-state index >= 15 is 0 Å². The van der Waals surface area contributed by atoms with Crippen molar-refractivity contribution < 1.29 is 14.2 Å². The zero-order valence-corrected chi connectivity index (χ0v) is 12.2. The van der Waals surface area contributed by atoms with Gasteiger partial charge in [-0.15, -0.1) is 11.6 Å². The van der Waals surface area contributed by atoms with Crippen LogP contribution in [0.1, 0.15) is 5.56 Å². The lowest BCUT2D eigenvalue weighted by atomic mass is 10.2. The fourth-order valence-corrected chi connectivity index (χ4v) is 1.87. The zero-order valence-electron chi connectivity index (χ0n) is 11.4. The minimum absolute atomic E-state index is 0.167. The molecule has 112 valence electrons. The monoisotopic (exact) mass is 309 g/mol. The van der Waals surface area contributed by atoms with E-state index in [4.69, 9.17) is 16.3 Å². The summed E-state index contributed by atoms with van der Waals surface area (Å²) in [5, 5.41) is 12.5. The van der Waals surface area contributed by atoms with Gasteiger partial charge in [-0.05, 0) is 18.2 Å². The molecule has 0 bridgehead atoms. The van der Waals surface area contributed by atoms with Crippen LogP contribution in [0, 0.1) is 5.82 Å². The molecule has 0 aliphatic rings. The van der Waals surface area contributed by atoms with E-state index in [2.05, 4.69) is 5.32 Å². The minimum atomic E-state index is -0.602.